The maximum absolute atomic E-state index is 12.1. The Hall–Kier alpha value is -2.97. The van der Waals surface area contributed by atoms with Crippen molar-refractivity contribution in [1.82, 2.24) is 5.32 Å². The number of ether oxygens (including phenoxy) is 3. The van der Waals surface area contributed by atoms with Crippen molar-refractivity contribution >= 4 is 128 Å². The number of aryl methyl sites for hydroxylation is 1. The number of anilines is 3. The van der Waals surface area contributed by atoms with Crippen molar-refractivity contribution in [3.8, 4) is 0 Å². The number of hydrogen-bond acceptors (Lipinski definition) is 15. The Kier molecular flexibility index (Phi) is 16.5. The Morgan fingerprint density at radius 2 is 1.35 bits per heavy atom. The average Bonchev–Trinajstić information content (AvgIpc) is 3.67. The molecule has 13 nitrogen and oxygen atoms in total. The standard InChI is InChI=1S/C13H14BrN3O4S2.C8H10BrNO2S.C8H11NO2S/c1-3-21-12(20)8-5(2)9(14)23-11(8)16-7(18)4-6-10(19)17-13(15)22-6;1-3-12-8(11)5-4(2)6(9)13-7(5)10;1-3-11-8(10)6-5(2)4-12-7(6)9/h6H,3-4H2,1-2H3,(H,16,18)(H2,15,17,19);3,10H2,1-2H3;4H,3,9H2,1-2H3. The topological polar surface area (TPSA) is 213 Å². The number of carbonyl (C=O) groups is 5. The van der Waals surface area contributed by atoms with E-state index in [-0.39, 0.29) is 36.0 Å². The van der Waals surface area contributed by atoms with Crippen molar-refractivity contribution in [2.24, 2.45) is 0 Å². The van der Waals surface area contributed by atoms with E-state index in [2.05, 4.69) is 42.5 Å². The maximum atomic E-state index is 12.1. The van der Waals surface area contributed by atoms with E-state index < -0.39 is 17.1 Å². The first kappa shape index (κ1) is 41.2. The van der Waals surface area contributed by atoms with Crippen LogP contribution in [-0.2, 0) is 23.8 Å². The highest BCUT2D eigenvalue weighted by Crippen LogP contribution is 2.38. The lowest BCUT2D eigenvalue weighted by Crippen LogP contribution is -2.28. The number of nitrogens with one attached hydrogen (secondary N) is 3. The van der Waals surface area contributed by atoms with Gasteiger partial charge in [-0.1, -0.05) is 11.8 Å². The zero-order chi connectivity index (χ0) is 36.3. The fourth-order valence-electron chi connectivity index (χ4n) is 3.81. The molecule has 262 valence electrons. The summed E-state index contributed by atoms with van der Waals surface area (Å²) < 4.78 is 16.3. The molecule has 19 heteroatoms. The monoisotopic (exact) mass is 867 g/mol. The number of carbonyl (C=O) groups excluding carboxylic acids is 5. The van der Waals surface area contributed by atoms with Crippen LogP contribution in [0.25, 0.3) is 0 Å². The van der Waals surface area contributed by atoms with Gasteiger partial charge in [-0.25, -0.2) is 14.4 Å². The summed E-state index contributed by atoms with van der Waals surface area (Å²) in [6.45, 7) is 11.7. The molecular formula is C29H35Br2N5O8S4. The van der Waals surface area contributed by atoms with Crippen LogP contribution in [0, 0.1) is 26.2 Å². The summed E-state index contributed by atoms with van der Waals surface area (Å²) >= 11 is 11.6. The lowest BCUT2D eigenvalue weighted by molar-refractivity contribution is -0.122. The molecule has 2 amide bonds. The van der Waals surface area contributed by atoms with Crippen LogP contribution < -0.4 is 22.1 Å². The highest BCUT2D eigenvalue weighted by atomic mass is 79.9. The van der Waals surface area contributed by atoms with Crippen molar-refractivity contribution in [2.45, 2.75) is 53.2 Å². The molecule has 1 aliphatic heterocycles. The molecule has 1 atom stereocenters. The summed E-state index contributed by atoms with van der Waals surface area (Å²) in [6, 6.07) is 0. The quantitative estimate of drug-likeness (QED) is 0.110. The van der Waals surface area contributed by atoms with E-state index in [1.807, 2.05) is 19.2 Å². The van der Waals surface area contributed by atoms with Crippen molar-refractivity contribution < 1.29 is 38.2 Å². The smallest absolute Gasteiger partial charge is 0.341 e. The van der Waals surface area contributed by atoms with Gasteiger partial charge in [0.2, 0.25) is 11.8 Å². The van der Waals surface area contributed by atoms with Gasteiger partial charge >= 0.3 is 17.9 Å². The highest BCUT2D eigenvalue weighted by molar-refractivity contribution is 9.11. The van der Waals surface area contributed by atoms with Gasteiger partial charge in [0.25, 0.3) is 0 Å². The number of esters is 3. The molecule has 3 aromatic rings. The molecule has 0 aliphatic carbocycles. The number of thiophene rings is 3. The molecule has 7 N–H and O–H groups in total. The second-order valence-electron chi connectivity index (χ2n) is 9.44. The van der Waals surface area contributed by atoms with Crippen molar-refractivity contribution in [3.05, 3.63) is 46.3 Å². The third-order valence-electron chi connectivity index (χ3n) is 6.06. The van der Waals surface area contributed by atoms with Gasteiger partial charge in [0.1, 0.15) is 20.3 Å². The molecule has 0 radical (unpaired) electrons. The van der Waals surface area contributed by atoms with Gasteiger partial charge in [0.05, 0.1) is 44.1 Å². The first-order chi connectivity index (χ1) is 22.6. The van der Waals surface area contributed by atoms with Crippen LogP contribution in [0.5, 0.6) is 0 Å². The molecule has 0 aromatic carbocycles. The summed E-state index contributed by atoms with van der Waals surface area (Å²) in [5, 5.41) is 15.1. The van der Waals surface area contributed by atoms with Gasteiger partial charge in [-0.05, 0) is 95.5 Å². The number of amidine groups is 1. The number of nitrogens with two attached hydrogens (primary N) is 2. The minimum absolute atomic E-state index is 0.0368. The summed E-state index contributed by atoms with van der Waals surface area (Å²) in [7, 11) is 0. The van der Waals surface area contributed by atoms with Crippen LogP contribution in [0.3, 0.4) is 0 Å². The minimum atomic E-state index is -0.627. The molecule has 0 spiro atoms. The average molecular weight is 870 g/mol. The van der Waals surface area contributed by atoms with Gasteiger partial charge in [0, 0.05) is 6.42 Å². The number of hydrogen-bond donors (Lipinski definition) is 5. The van der Waals surface area contributed by atoms with E-state index in [1.54, 1.807) is 27.7 Å². The van der Waals surface area contributed by atoms with Crippen LogP contribution in [0.2, 0.25) is 0 Å². The molecule has 1 aliphatic rings. The Morgan fingerprint density at radius 3 is 1.79 bits per heavy atom. The molecule has 1 fully saturated rings. The minimum Gasteiger partial charge on any atom is -0.462 e. The fraction of sp³-hybridized carbons (Fsp3) is 0.379. The molecule has 1 unspecified atom stereocenters. The summed E-state index contributed by atoms with van der Waals surface area (Å²) in [4.78, 5) is 58.4. The predicted molar refractivity (Wildman–Crippen MR) is 200 cm³/mol. The van der Waals surface area contributed by atoms with Crippen LogP contribution in [0.15, 0.2) is 13.0 Å². The zero-order valence-electron chi connectivity index (χ0n) is 26.8. The molecule has 0 bridgehead atoms. The Balaban J connectivity index is 0.000000272. The first-order valence-corrected chi connectivity index (χ1v) is 19.1. The van der Waals surface area contributed by atoms with E-state index in [1.165, 1.54) is 34.0 Å². The zero-order valence-corrected chi connectivity index (χ0v) is 33.2. The van der Waals surface area contributed by atoms with Crippen molar-refractivity contribution in [3.63, 3.8) is 0 Å². The molecule has 48 heavy (non-hydrogen) atoms. The maximum Gasteiger partial charge on any atom is 0.341 e. The Bertz CT molecular complexity index is 1670. The van der Waals surface area contributed by atoms with E-state index in [0.717, 1.165) is 30.5 Å². The molecule has 1 saturated heterocycles. The lowest BCUT2D eigenvalue weighted by atomic mass is 10.2. The number of halogens is 2. The molecular weight excluding hydrogens is 834 g/mol. The summed E-state index contributed by atoms with van der Waals surface area (Å²) in [6.07, 6.45) is -0.0737. The molecule has 0 saturated carbocycles. The van der Waals surface area contributed by atoms with E-state index >= 15 is 0 Å². The van der Waals surface area contributed by atoms with Crippen LogP contribution in [-0.4, -0.2) is 60.0 Å². The number of thioether (sulfide) groups is 1. The predicted octanol–water partition coefficient (Wildman–Crippen LogP) is 6.88. The second kappa shape index (κ2) is 19.3. The van der Waals surface area contributed by atoms with Gasteiger partial charge in [-0.2, -0.15) is 0 Å². The van der Waals surface area contributed by atoms with Crippen molar-refractivity contribution in [2.75, 3.05) is 36.6 Å². The lowest BCUT2D eigenvalue weighted by Gasteiger charge is -2.08. The third-order valence-corrected chi connectivity index (χ3v) is 12.1. The van der Waals surface area contributed by atoms with E-state index in [0.29, 0.717) is 50.5 Å². The summed E-state index contributed by atoms with van der Waals surface area (Å²) in [5.41, 5.74) is 15.0. The molecule has 4 heterocycles. The summed E-state index contributed by atoms with van der Waals surface area (Å²) in [5.74, 6) is -1.93. The Morgan fingerprint density at radius 1 is 0.854 bits per heavy atom. The normalized spacial score (nSPS) is 13.4. The molecule has 4 rings (SSSR count). The third kappa shape index (κ3) is 11.0. The van der Waals surface area contributed by atoms with Crippen molar-refractivity contribution in [1.29, 1.82) is 5.41 Å². The number of rotatable bonds is 9. The largest absolute Gasteiger partial charge is 0.462 e. The van der Waals surface area contributed by atoms with E-state index in [4.69, 9.17) is 31.1 Å². The second-order valence-corrected chi connectivity index (χ2v) is 16.3. The van der Waals surface area contributed by atoms with Gasteiger partial charge < -0.3 is 36.3 Å². The van der Waals surface area contributed by atoms with Crippen LogP contribution in [0.4, 0.5) is 15.0 Å². The van der Waals surface area contributed by atoms with Crippen LogP contribution >= 0.6 is 77.6 Å². The van der Waals surface area contributed by atoms with Crippen LogP contribution in [0.1, 0.15) is 75.0 Å². The number of nitrogen functional groups attached to an aromatic ring is 2. The van der Waals surface area contributed by atoms with Gasteiger partial charge in [-0.15, -0.1) is 34.0 Å². The first-order valence-electron chi connectivity index (χ1n) is 14.1. The number of amides is 2. The fourth-order valence-corrected chi connectivity index (χ4v) is 8.57. The van der Waals surface area contributed by atoms with E-state index in [9.17, 15) is 24.0 Å². The van der Waals surface area contributed by atoms with Gasteiger partial charge in [-0.3, -0.25) is 15.0 Å². The SMILES string of the molecule is CCOC(=O)c1c(C)csc1N.CCOC(=O)c1c(N)sc(Br)c1C.CCOC(=O)c1c(NC(=O)CC2SC(=N)NC2=O)sc(Br)c1C. The molecule has 3 aromatic heterocycles. The Labute approximate surface area is 310 Å². The highest BCUT2D eigenvalue weighted by Gasteiger charge is 2.32. The van der Waals surface area contributed by atoms with Gasteiger partial charge in [0.15, 0.2) is 5.17 Å².